The van der Waals surface area contributed by atoms with Crippen molar-refractivity contribution in [3.05, 3.63) is 164 Å². The molecule has 0 spiro atoms. The van der Waals surface area contributed by atoms with E-state index in [-0.39, 0.29) is 0 Å². The molecule has 0 aliphatic carbocycles. The average Bonchev–Trinajstić information content (AvgIpc) is 3.06. The molecular formula is C42H32. The van der Waals surface area contributed by atoms with Crippen molar-refractivity contribution in [3.63, 3.8) is 0 Å². The van der Waals surface area contributed by atoms with E-state index in [9.17, 15) is 0 Å². The van der Waals surface area contributed by atoms with Gasteiger partial charge in [0.05, 0.1) is 0 Å². The molecule has 0 aliphatic rings. The van der Waals surface area contributed by atoms with Gasteiger partial charge in [-0.3, -0.25) is 0 Å². The number of hydrogen-bond acceptors (Lipinski definition) is 0. The van der Waals surface area contributed by atoms with Crippen LogP contribution in [0.25, 0.3) is 71.3 Å². The fourth-order valence-corrected chi connectivity index (χ4v) is 6.33. The van der Waals surface area contributed by atoms with Gasteiger partial charge in [-0.05, 0) is 95.4 Å². The Morgan fingerprint density at radius 1 is 0.500 bits per heavy atom. The molecule has 0 amide bonds. The average molecular weight is 537 g/mol. The van der Waals surface area contributed by atoms with Crippen molar-refractivity contribution in [2.45, 2.75) is 13.3 Å². The second-order valence-corrected chi connectivity index (χ2v) is 10.8. The van der Waals surface area contributed by atoms with Gasteiger partial charge in [0.15, 0.2) is 0 Å². The first-order valence-corrected chi connectivity index (χ1v) is 14.7. The van der Waals surface area contributed by atoms with Gasteiger partial charge in [-0.25, -0.2) is 0 Å². The highest BCUT2D eigenvalue weighted by molar-refractivity contribution is 6.21. The van der Waals surface area contributed by atoms with E-state index in [0.717, 1.165) is 6.42 Å². The van der Waals surface area contributed by atoms with Crippen LogP contribution in [0.1, 0.15) is 18.9 Å². The van der Waals surface area contributed by atoms with Gasteiger partial charge < -0.3 is 0 Å². The van der Waals surface area contributed by atoms with Crippen LogP contribution in [0.2, 0.25) is 0 Å². The van der Waals surface area contributed by atoms with Crippen LogP contribution in [0, 0.1) is 0 Å². The van der Waals surface area contributed by atoms with E-state index in [1.807, 2.05) is 6.08 Å². The van der Waals surface area contributed by atoms with Gasteiger partial charge in [0.25, 0.3) is 0 Å². The van der Waals surface area contributed by atoms with Crippen LogP contribution < -0.4 is 0 Å². The summed E-state index contributed by atoms with van der Waals surface area (Å²) in [5, 5.41) is 7.60. The summed E-state index contributed by atoms with van der Waals surface area (Å²) in [4.78, 5) is 0. The maximum absolute atomic E-state index is 3.99. The largest absolute Gasteiger partial charge is 0.0985 e. The lowest BCUT2D eigenvalue weighted by Gasteiger charge is -2.18. The minimum atomic E-state index is 0.996. The molecule has 0 aromatic heterocycles. The van der Waals surface area contributed by atoms with Gasteiger partial charge in [-0.1, -0.05) is 153 Å². The van der Waals surface area contributed by atoms with Crippen LogP contribution in [0.5, 0.6) is 0 Å². The normalized spacial score (nSPS) is 11.8. The summed E-state index contributed by atoms with van der Waals surface area (Å²) in [7, 11) is 0. The standard InChI is InChI=1S/C42H32/c1-3-12-29(4-2)30-19-21-31(22-20-30)34-25-23-32-24-26-35(28-36(32)27-34)42-39-17-10-8-15-37(39)41(33-13-6-5-7-14-33)38-16-9-11-18-40(38)42/h4-28H,2-3H2,1H3/b29-12+. The molecule has 7 aromatic carbocycles. The minimum absolute atomic E-state index is 0.996. The van der Waals surface area contributed by atoms with Crippen molar-refractivity contribution >= 4 is 37.9 Å². The van der Waals surface area contributed by atoms with Crippen molar-refractivity contribution in [1.29, 1.82) is 0 Å². The molecule has 0 nitrogen and oxygen atoms in total. The molecule has 0 aliphatic heterocycles. The molecule has 0 saturated carbocycles. The van der Waals surface area contributed by atoms with E-state index < -0.39 is 0 Å². The van der Waals surface area contributed by atoms with Crippen LogP contribution in [-0.2, 0) is 0 Å². The van der Waals surface area contributed by atoms with Gasteiger partial charge in [0.2, 0.25) is 0 Å². The van der Waals surface area contributed by atoms with Gasteiger partial charge >= 0.3 is 0 Å². The van der Waals surface area contributed by atoms with Gasteiger partial charge in [0, 0.05) is 0 Å². The summed E-state index contributed by atoms with van der Waals surface area (Å²) in [6.07, 6.45) is 5.16. The number of rotatable bonds is 6. The highest BCUT2D eigenvalue weighted by atomic mass is 14.2. The Bertz CT molecular complexity index is 2050. The minimum Gasteiger partial charge on any atom is -0.0985 e. The first kappa shape index (κ1) is 25.7. The molecule has 200 valence electrons. The third kappa shape index (κ3) is 4.52. The molecule has 0 heteroatoms. The smallest absolute Gasteiger partial charge is 0.00262 e. The Labute approximate surface area is 247 Å². The maximum atomic E-state index is 3.99. The van der Waals surface area contributed by atoms with Crippen molar-refractivity contribution < 1.29 is 0 Å². The van der Waals surface area contributed by atoms with Gasteiger partial charge in [-0.2, -0.15) is 0 Å². The molecule has 0 unspecified atom stereocenters. The monoisotopic (exact) mass is 536 g/mol. The van der Waals surface area contributed by atoms with Crippen molar-refractivity contribution in [2.75, 3.05) is 0 Å². The first-order chi connectivity index (χ1) is 20.7. The second-order valence-electron chi connectivity index (χ2n) is 10.8. The first-order valence-electron chi connectivity index (χ1n) is 14.7. The molecule has 42 heavy (non-hydrogen) atoms. The molecule has 0 heterocycles. The topological polar surface area (TPSA) is 0 Å². The molecule has 0 radical (unpaired) electrons. The summed E-state index contributed by atoms with van der Waals surface area (Å²) in [6.45, 7) is 6.15. The molecule has 7 rings (SSSR count). The van der Waals surface area contributed by atoms with E-state index in [1.54, 1.807) is 0 Å². The third-order valence-corrected chi connectivity index (χ3v) is 8.32. The molecule has 0 atom stereocenters. The van der Waals surface area contributed by atoms with Crippen LogP contribution in [0.3, 0.4) is 0 Å². The zero-order valence-corrected chi connectivity index (χ0v) is 23.8. The Kier molecular flexibility index (Phi) is 6.74. The lowest BCUT2D eigenvalue weighted by molar-refractivity contribution is 1.23. The summed E-state index contributed by atoms with van der Waals surface area (Å²) in [6, 6.07) is 51.0. The molecule has 0 bridgehead atoms. The molecule has 0 N–H and O–H groups in total. The van der Waals surface area contributed by atoms with E-state index in [0.29, 0.717) is 0 Å². The second kappa shape index (κ2) is 11.0. The summed E-state index contributed by atoms with van der Waals surface area (Å²) < 4.78 is 0. The quantitative estimate of drug-likeness (QED) is 0.146. The molecule has 0 fully saturated rings. The predicted octanol–water partition coefficient (Wildman–Crippen LogP) is 12.1. The predicted molar refractivity (Wildman–Crippen MR) is 184 cm³/mol. The van der Waals surface area contributed by atoms with Crippen LogP contribution in [0.15, 0.2) is 158 Å². The summed E-state index contributed by atoms with van der Waals surface area (Å²) in [5.41, 5.74) is 9.90. The number of benzene rings is 7. The van der Waals surface area contributed by atoms with E-state index in [2.05, 4.69) is 159 Å². The number of hydrogen-bond donors (Lipinski definition) is 0. The Morgan fingerprint density at radius 2 is 1.00 bits per heavy atom. The summed E-state index contributed by atoms with van der Waals surface area (Å²) in [5.74, 6) is 0. The van der Waals surface area contributed by atoms with E-state index in [1.165, 1.54) is 76.8 Å². The fourth-order valence-electron chi connectivity index (χ4n) is 6.33. The zero-order chi connectivity index (χ0) is 28.5. The fraction of sp³-hybridized carbons (Fsp3) is 0.0476. The number of allylic oxidation sites excluding steroid dienone is 3. The Hall–Kier alpha value is -5.20. The third-order valence-electron chi connectivity index (χ3n) is 8.32. The lowest BCUT2D eigenvalue weighted by Crippen LogP contribution is -1.91. The van der Waals surface area contributed by atoms with Crippen molar-refractivity contribution in [1.82, 2.24) is 0 Å². The summed E-state index contributed by atoms with van der Waals surface area (Å²) >= 11 is 0. The Morgan fingerprint density at radius 3 is 1.57 bits per heavy atom. The number of fused-ring (bicyclic) bond motifs is 3. The van der Waals surface area contributed by atoms with Gasteiger partial charge in [-0.15, -0.1) is 0 Å². The Balaban J connectivity index is 1.40. The van der Waals surface area contributed by atoms with E-state index >= 15 is 0 Å². The molecule has 7 aromatic rings. The zero-order valence-electron chi connectivity index (χ0n) is 23.8. The van der Waals surface area contributed by atoms with Crippen LogP contribution in [-0.4, -0.2) is 0 Å². The highest BCUT2D eigenvalue weighted by Gasteiger charge is 2.16. The molecule has 0 saturated heterocycles. The van der Waals surface area contributed by atoms with Crippen molar-refractivity contribution in [3.8, 4) is 33.4 Å². The highest BCUT2D eigenvalue weighted by Crippen LogP contribution is 2.44. The lowest BCUT2D eigenvalue weighted by atomic mass is 9.85. The van der Waals surface area contributed by atoms with Gasteiger partial charge in [0.1, 0.15) is 0 Å². The SMILES string of the molecule is C=C/C(=C\CC)c1ccc(-c2ccc3ccc(-c4c5ccccc5c(-c5ccccc5)c5ccccc45)cc3c2)cc1. The van der Waals surface area contributed by atoms with E-state index in [4.69, 9.17) is 0 Å². The van der Waals surface area contributed by atoms with Crippen LogP contribution >= 0.6 is 0 Å². The molecular weight excluding hydrogens is 504 g/mol. The van der Waals surface area contributed by atoms with Crippen molar-refractivity contribution in [2.24, 2.45) is 0 Å². The maximum Gasteiger partial charge on any atom is -0.00262 e. The van der Waals surface area contributed by atoms with Crippen LogP contribution in [0.4, 0.5) is 0 Å².